The second-order valence-electron chi connectivity index (χ2n) is 2.94. The van der Waals surface area contributed by atoms with Crippen LogP contribution in [-0.4, -0.2) is 5.33 Å². The summed E-state index contributed by atoms with van der Waals surface area (Å²) in [5, 5.41) is 1.18. The van der Waals surface area contributed by atoms with Gasteiger partial charge in [0.2, 0.25) is 0 Å². The Bertz CT molecular complexity index is 66.8. The van der Waals surface area contributed by atoms with Crippen molar-refractivity contribution in [3.8, 4) is 0 Å². The lowest BCUT2D eigenvalue weighted by molar-refractivity contribution is 0.551. The van der Waals surface area contributed by atoms with Gasteiger partial charge < -0.3 is 0 Å². The lowest BCUT2D eigenvalue weighted by Gasteiger charge is -2.02. The highest BCUT2D eigenvalue weighted by molar-refractivity contribution is 9.09. The van der Waals surface area contributed by atoms with Gasteiger partial charge in [0.25, 0.3) is 0 Å². The predicted molar refractivity (Wildman–Crippen MR) is 40.3 cm³/mol. The van der Waals surface area contributed by atoms with E-state index in [1.807, 2.05) is 0 Å². The largest absolute Gasteiger partial charge is 0.0925 e. The molecule has 0 amide bonds. The van der Waals surface area contributed by atoms with Crippen LogP contribution in [0.15, 0.2) is 0 Å². The zero-order valence-electron chi connectivity index (χ0n) is 5.36. The van der Waals surface area contributed by atoms with Crippen molar-refractivity contribution in [1.82, 2.24) is 0 Å². The molecule has 1 rings (SSSR count). The summed E-state index contributed by atoms with van der Waals surface area (Å²) in [6.07, 6.45) is 4.44. The van der Waals surface area contributed by atoms with Gasteiger partial charge in [0.1, 0.15) is 0 Å². The summed E-state index contributed by atoms with van der Waals surface area (Å²) in [7, 11) is 0. The summed E-state index contributed by atoms with van der Waals surface area (Å²) in [6.45, 7) is 2.31. The fourth-order valence-corrected chi connectivity index (χ4v) is 1.25. The van der Waals surface area contributed by atoms with Crippen molar-refractivity contribution in [1.29, 1.82) is 0 Å². The normalized spacial score (nSPS) is 23.2. The monoisotopic (exact) mass is 176 g/mol. The Morgan fingerprint density at radius 2 is 2.25 bits per heavy atom. The second kappa shape index (κ2) is 2.86. The van der Waals surface area contributed by atoms with Crippen LogP contribution in [0, 0.1) is 11.8 Å². The highest BCUT2D eigenvalue weighted by Gasteiger charge is 2.22. The maximum Gasteiger partial charge on any atom is 0.00571 e. The molecule has 0 radical (unpaired) electrons. The van der Waals surface area contributed by atoms with Crippen LogP contribution in [0.2, 0.25) is 0 Å². The third-order valence-electron chi connectivity index (χ3n) is 1.70. The Morgan fingerprint density at radius 1 is 1.62 bits per heavy atom. The molecule has 0 aromatic carbocycles. The van der Waals surface area contributed by atoms with Crippen molar-refractivity contribution in [3.63, 3.8) is 0 Å². The Balaban J connectivity index is 1.98. The van der Waals surface area contributed by atoms with E-state index in [0.717, 1.165) is 11.8 Å². The minimum Gasteiger partial charge on any atom is -0.0925 e. The first-order chi connectivity index (χ1) is 3.83. The van der Waals surface area contributed by atoms with Crippen molar-refractivity contribution in [2.75, 3.05) is 5.33 Å². The maximum absolute atomic E-state index is 3.47. The summed E-state index contributed by atoms with van der Waals surface area (Å²) in [4.78, 5) is 0. The molecule has 0 nitrogen and oxygen atoms in total. The van der Waals surface area contributed by atoms with Gasteiger partial charge in [-0.3, -0.25) is 0 Å². The first-order valence-electron chi connectivity index (χ1n) is 3.39. The van der Waals surface area contributed by atoms with Crippen LogP contribution in [0.5, 0.6) is 0 Å². The van der Waals surface area contributed by atoms with Crippen molar-refractivity contribution in [2.45, 2.75) is 26.2 Å². The molecule has 0 saturated heterocycles. The molecule has 0 aliphatic heterocycles. The van der Waals surface area contributed by atoms with Crippen molar-refractivity contribution in [3.05, 3.63) is 0 Å². The number of hydrogen-bond acceptors (Lipinski definition) is 0. The number of rotatable bonds is 3. The Hall–Kier alpha value is 0.480. The van der Waals surface area contributed by atoms with E-state index in [-0.39, 0.29) is 0 Å². The maximum atomic E-state index is 3.47. The SMILES string of the molecule is CC(CBr)CC1CC1. The molecule has 0 N–H and O–H groups in total. The lowest BCUT2D eigenvalue weighted by Crippen LogP contribution is -1.95. The highest BCUT2D eigenvalue weighted by atomic mass is 79.9. The Labute approximate surface area is 59.8 Å². The van der Waals surface area contributed by atoms with Gasteiger partial charge in [0.05, 0.1) is 0 Å². The van der Waals surface area contributed by atoms with E-state index in [1.54, 1.807) is 0 Å². The fourth-order valence-electron chi connectivity index (χ4n) is 0.986. The molecular formula is C7H13Br. The predicted octanol–water partition coefficient (Wildman–Crippen LogP) is 2.82. The Kier molecular flexibility index (Phi) is 2.36. The van der Waals surface area contributed by atoms with Crippen LogP contribution in [-0.2, 0) is 0 Å². The molecule has 48 valence electrons. The Morgan fingerprint density at radius 3 is 2.62 bits per heavy atom. The third kappa shape index (κ3) is 2.17. The summed E-state index contributed by atoms with van der Waals surface area (Å²) >= 11 is 3.47. The van der Waals surface area contributed by atoms with Gasteiger partial charge in [-0.1, -0.05) is 35.7 Å². The summed E-state index contributed by atoms with van der Waals surface area (Å²) < 4.78 is 0. The van der Waals surface area contributed by atoms with E-state index >= 15 is 0 Å². The average molecular weight is 177 g/mol. The number of hydrogen-bond donors (Lipinski definition) is 0. The molecule has 1 atom stereocenters. The first-order valence-corrected chi connectivity index (χ1v) is 4.51. The molecule has 1 saturated carbocycles. The smallest absolute Gasteiger partial charge is 0.00571 e. The standard InChI is InChI=1S/C7H13Br/c1-6(5-8)4-7-2-3-7/h6-7H,2-5H2,1H3. The van der Waals surface area contributed by atoms with Crippen LogP contribution >= 0.6 is 15.9 Å². The minimum atomic E-state index is 0.905. The van der Waals surface area contributed by atoms with Crippen LogP contribution in [0.25, 0.3) is 0 Å². The molecular weight excluding hydrogens is 164 g/mol. The fraction of sp³-hybridized carbons (Fsp3) is 1.00. The zero-order chi connectivity index (χ0) is 5.98. The van der Waals surface area contributed by atoms with Crippen molar-refractivity contribution >= 4 is 15.9 Å². The average Bonchev–Trinajstić information content (AvgIpc) is 2.50. The highest BCUT2D eigenvalue weighted by Crippen LogP contribution is 2.35. The van der Waals surface area contributed by atoms with Gasteiger partial charge >= 0.3 is 0 Å². The molecule has 1 fully saturated rings. The van der Waals surface area contributed by atoms with Crippen molar-refractivity contribution in [2.24, 2.45) is 11.8 Å². The van der Waals surface area contributed by atoms with Crippen molar-refractivity contribution < 1.29 is 0 Å². The van der Waals surface area contributed by atoms with Crippen LogP contribution in [0.1, 0.15) is 26.2 Å². The van der Waals surface area contributed by atoms with E-state index in [4.69, 9.17) is 0 Å². The summed E-state index contributed by atoms with van der Waals surface area (Å²) in [6, 6.07) is 0. The van der Waals surface area contributed by atoms with Gasteiger partial charge in [-0.05, 0) is 18.3 Å². The van der Waals surface area contributed by atoms with Gasteiger partial charge in [-0.25, -0.2) is 0 Å². The quantitative estimate of drug-likeness (QED) is 0.581. The molecule has 8 heavy (non-hydrogen) atoms. The third-order valence-corrected chi connectivity index (χ3v) is 2.80. The number of halogens is 1. The molecule has 1 aliphatic rings. The molecule has 1 aliphatic carbocycles. The zero-order valence-corrected chi connectivity index (χ0v) is 6.95. The first kappa shape index (κ1) is 6.60. The van der Waals surface area contributed by atoms with E-state index in [1.165, 1.54) is 24.6 Å². The summed E-state index contributed by atoms with van der Waals surface area (Å²) in [5.74, 6) is 2.00. The molecule has 1 heteroatoms. The lowest BCUT2D eigenvalue weighted by atomic mass is 10.1. The number of alkyl halides is 1. The van der Waals surface area contributed by atoms with Crippen LogP contribution in [0.4, 0.5) is 0 Å². The minimum absolute atomic E-state index is 0.905. The second-order valence-corrected chi connectivity index (χ2v) is 3.59. The van der Waals surface area contributed by atoms with E-state index in [0.29, 0.717) is 0 Å². The molecule has 1 unspecified atom stereocenters. The van der Waals surface area contributed by atoms with Crippen LogP contribution in [0.3, 0.4) is 0 Å². The topological polar surface area (TPSA) is 0 Å². The van der Waals surface area contributed by atoms with Crippen LogP contribution < -0.4 is 0 Å². The molecule has 0 aromatic rings. The van der Waals surface area contributed by atoms with Gasteiger partial charge in [0, 0.05) is 5.33 Å². The molecule has 0 bridgehead atoms. The van der Waals surface area contributed by atoms with Gasteiger partial charge in [-0.15, -0.1) is 0 Å². The van der Waals surface area contributed by atoms with E-state index in [9.17, 15) is 0 Å². The van der Waals surface area contributed by atoms with Gasteiger partial charge in [0.15, 0.2) is 0 Å². The van der Waals surface area contributed by atoms with E-state index in [2.05, 4.69) is 22.9 Å². The molecule has 0 heterocycles. The van der Waals surface area contributed by atoms with E-state index < -0.39 is 0 Å². The molecule has 0 aromatic heterocycles. The van der Waals surface area contributed by atoms with Gasteiger partial charge in [-0.2, -0.15) is 0 Å². The molecule has 0 spiro atoms. The summed E-state index contributed by atoms with van der Waals surface area (Å²) in [5.41, 5.74) is 0.